The minimum absolute atomic E-state index is 0.122. The zero-order chi connectivity index (χ0) is 17.6. The predicted molar refractivity (Wildman–Crippen MR) is 95.2 cm³/mol. The molecule has 0 saturated heterocycles. The Morgan fingerprint density at radius 3 is 2.76 bits per heavy atom. The smallest absolute Gasteiger partial charge is 0.356 e. The Bertz CT molecular complexity index is 844. The van der Waals surface area contributed by atoms with Crippen LogP contribution in [0.1, 0.15) is 28.3 Å². The molecular weight excluding hydrogens is 338 g/mol. The maximum absolute atomic E-state index is 12.0. The van der Waals surface area contributed by atoms with Crippen LogP contribution in [0.4, 0.5) is 0 Å². The van der Waals surface area contributed by atoms with Crippen molar-refractivity contribution in [2.45, 2.75) is 13.0 Å². The number of H-pyrrole nitrogens is 1. The molecule has 0 saturated carbocycles. The van der Waals surface area contributed by atoms with Crippen LogP contribution < -0.4 is 5.32 Å². The maximum atomic E-state index is 12.0. The number of carbonyl (C=O) groups excluding carboxylic acids is 2. The summed E-state index contributed by atoms with van der Waals surface area (Å²) in [6.45, 7) is 1.54. The molecule has 2 N–H and O–H groups in total. The van der Waals surface area contributed by atoms with Crippen LogP contribution in [-0.2, 0) is 9.53 Å². The third kappa shape index (κ3) is 4.33. The highest BCUT2D eigenvalue weighted by molar-refractivity contribution is 7.10. The van der Waals surface area contributed by atoms with Gasteiger partial charge in [0.25, 0.3) is 5.91 Å². The van der Waals surface area contributed by atoms with E-state index in [1.54, 1.807) is 17.4 Å². The van der Waals surface area contributed by atoms with E-state index in [9.17, 15) is 9.59 Å². The Labute approximate surface area is 148 Å². The zero-order valence-corrected chi connectivity index (χ0v) is 14.4. The van der Waals surface area contributed by atoms with Gasteiger partial charge in [-0.05, 0) is 24.4 Å². The molecule has 0 radical (unpaired) electrons. The number of thiophene rings is 1. The van der Waals surface area contributed by atoms with Gasteiger partial charge in [-0.25, -0.2) is 4.79 Å². The van der Waals surface area contributed by atoms with Gasteiger partial charge in [0.15, 0.2) is 6.61 Å². The third-order valence-corrected chi connectivity index (χ3v) is 4.60. The van der Waals surface area contributed by atoms with Gasteiger partial charge in [0.2, 0.25) is 0 Å². The summed E-state index contributed by atoms with van der Waals surface area (Å²) in [5, 5.41) is 11.5. The van der Waals surface area contributed by atoms with Crippen LogP contribution in [-0.4, -0.2) is 28.7 Å². The van der Waals surface area contributed by atoms with Crippen molar-refractivity contribution in [1.82, 2.24) is 15.5 Å². The van der Waals surface area contributed by atoms with Crippen LogP contribution in [0.15, 0.2) is 53.9 Å². The Morgan fingerprint density at radius 1 is 1.24 bits per heavy atom. The summed E-state index contributed by atoms with van der Waals surface area (Å²) in [4.78, 5) is 25.0. The summed E-state index contributed by atoms with van der Waals surface area (Å²) in [6, 6.07) is 14.8. The number of ether oxygens (including phenoxy) is 1. The predicted octanol–water partition coefficient (Wildman–Crippen LogP) is 3.17. The molecule has 25 heavy (non-hydrogen) atoms. The molecule has 1 atom stereocenters. The van der Waals surface area contributed by atoms with Gasteiger partial charge in [-0.3, -0.25) is 9.89 Å². The molecule has 0 aliphatic carbocycles. The Balaban J connectivity index is 1.52. The topological polar surface area (TPSA) is 84.1 Å². The van der Waals surface area contributed by atoms with Crippen molar-refractivity contribution in [3.8, 4) is 11.3 Å². The highest BCUT2D eigenvalue weighted by atomic mass is 32.1. The zero-order valence-electron chi connectivity index (χ0n) is 13.6. The van der Waals surface area contributed by atoms with E-state index in [-0.39, 0.29) is 24.2 Å². The quantitative estimate of drug-likeness (QED) is 0.665. The first-order valence-electron chi connectivity index (χ1n) is 7.74. The Morgan fingerprint density at radius 2 is 2.04 bits per heavy atom. The number of hydrogen-bond donors (Lipinski definition) is 2. The second-order valence-corrected chi connectivity index (χ2v) is 6.39. The van der Waals surface area contributed by atoms with Gasteiger partial charge in [0, 0.05) is 10.4 Å². The molecule has 3 rings (SSSR count). The molecule has 7 heteroatoms. The standard InChI is InChI=1S/C18H17N3O3S/c1-12(16-8-5-9-25-16)19-17(22)11-24-18(23)15-10-14(20-21-15)13-6-3-2-4-7-13/h2-10,12H,11H2,1H3,(H,19,22)(H,20,21). The van der Waals surface area contributed by atoms with E-state index in [2.05, 4.69) is 15.5 Å². The molecule has 128 valence electrons. The van der Waals surface area contributed by atoms with E-state index >= 15 is 0 Å². The minimum atomic E-state index is -0.617. The number of carbonyl (C=O) groups is 2. The average Bonchev–Trinajstić information content (AvgIpc) is 3.32. The van der Waals surface area contributed by atoms with Crippen molar-refractivity contribution >= 4 is 23.2 Å². The first kappa shape index (κ1) is 16.9. The molecule has 2 aromatic heterocycles. The van der Waals surface area contributed by atoms with Crippen molar-refractivity contribution < 1.29 is 14.3 Å². The Hall–Kier alpha value is -2.93. The van der Waals surface area contributed by atoms with Crippen molar-refractivity contribution in [2.75, 3.05) is 6.61 Å². The number of aromatic amines is 1. The molecule has 0 bridgehead atoms. The van der Waals surface area contributed by atoms with E-state index in [1.807, 2.05) is 54.8 Å². The second kappa shape index (κ2) is 7.76. The fourth-order valence-electron chi connectivity index (χ4n) is 2.28. The first-order chi connectivity index (χ1) is 12.1. The van der Waals surface area contributed by atoms with Crippen LogP contribution in [0.2, 0.25) is 0 Å². The largest absolute Gasteiger partial charge is 0.451 e. The lowest BCUT2D eigenvalue weighted by atomic mass is 10.1. The van der Waals surface area contributed by atoms with Crippen molar-refractivity contribution in [2.24, 2.45) is 0 Å². The van der Waals surface area contributed by atoms with Crippen LogP contribution >= 0.6 is 11.3 Å². The fraction of sp³-hybridized carbons (Fsp3) is 0.167. The summed E-state index contributed by atoms with van der Waals surface area (Å²) >= 11 is 1.56. The molecule has 6 nitrogen and oxygen atoms in total. The summed E-state index contributed by atoms with van der Waals surface area (Å²) < 4.78 is 5.04. The molecule has 1 amide bonds. The van der Waals surface area contributed by atoms with Crippen LogP contribution in [0, 0.1) is 0 Å². The van der Waals surface area contributed by atoms with Gasteiger partial charge in [0.1, 0.15) is 5.69 Å². The highest BCUT2D eigenvalue weighted by Crippen LogP contribution is 2.18. The van der Waals surface area contributed by atoms with Crippen molar-refractivity contribution in [3.63, 3.8) is 0 Å². The number of amides is 1. The molecule has 0 aliphatic rings. The molecule has 2 heterocycles. The lowest BCUT2D eigenvalue weighted by molar-refractivity contribution is -0.124. The SMILES string of the molecule is CC(NC(=O)COC(=O)c1cc(-c2ccccc2)n[nH]1)c1cccs1. The van der Waals surface area contributed by atoms with Crippen LogP contribution in [0.25, 0.3) is 11.3 Å². The van der Waals surface area contributed by atoms with E-state index in [0.29, 0.717) is 5.69 Å². The lowest BCUT2D eigenvalue weighted by Crippen LogP contribution is -2.30. The van der Waals surface area contributed by atoms with Crippen molar-refractivity contribution in [1.29, 1.82) is 0 Å². The van der Waals surface area contributed by atoms with Gasteiger partial charge < -0.3 is 10.1 Å². The van der Waals surface area contributed by atoms with Gasteiger partial charge >= 0.3 is 5.97 Å². The highest BCUT2D eigenvalue weighted by Gasteiger charge is 2.16. The number of nitrogens with zero attached hydrogens (tertiary/aromatic N) is 1. The van der Waals surface area contributed by atoms with E-state index in [4.69, 9.17) is 4.74 Å². The van der Waals surface area contributed by atoms with E-state index in [1.165, 1.54) is 0 Å². The number of hydrogen-bond acceptors (Lipinski definition) is 5. The van der Waals surface area contributed by atoms with E-state index in [0.717, 1.165) is 10.4 Å². The third-order valence-electron chi connectivity index (χ3n) is 3.55. The minimum Gasteiger partial charge on any atom is -0.451 e. The summed E-state index contributed by atoms with van der Waals surface area (Å²) in [6.07, 6.45) is 0. The lowest BCUT2D eigenvalue weighted by Gasteiger charge is -2.12. The number of aromatic nitrogens is 2. The van der Waals surface area contributed by atoms with Gasteiger partial charge in [-0.15, -0.1) is 11.3 Å². The number of esters is 1. The number of nitrogens with one attached hydrogen (secondary N) is 2. The van der Waals surface area contributed by atoms with Crippen molar-refractivity contribution in [3.05, 3.63) is 64.5 Å². The normalized spacial score (nSPS) is 11.7. The van der Waals surface area contributed by atoms with Crippen LogP contribution in [0.5, 0.6) is 0 Å². The number of benzene rings is 1. The average molecular weight is 355 g/mol. The molecule has 0 spiro atoms. The molecular formula is C18H17N3O3S. The monoisotopic (exact) mass is 355 g/mol. The molecule has 1 aromatic carbocycles. The van der Waals surface area contributed by atoms with Gasteiger partial charge in [-0.2, -0.15) is 5.10 Å². The molecule has 0 fully saturated rings. The second-order valence-electron chi connectivity index (χ2n) is 5.41. The van der Waals surface area contributed by atoms with Crippen LogP contribution in [0.3, 0.4) is 0 Å². The Kier molecular flexibility index (Phi) is 5.25. The molecule has 3 aromatic rings. The summed E-state index contributed by atoms with van der Waals surface area (Å²) in [7, 11) is 0. The number of rotatable bonds is 6. The first-order valence-corrected chi connectivity index (χ1v) is 8.62. The summed E-state index contributed by atoms with van der Waals surface area (Å²) in [5.74, 6) is -0.967. The van der Waals surface area contributed by atoms with Gasteiger partial charge in [0.05, 0.1) is 11.7 Å². The summed E-state index contributed by atoms with van der Waals surface area (Å²) in [5.41, 5.74) is 1.74. The fourth-order valence-corrected chi connectivity index (χ4v) is 3.02. The maximum Gasteiger partial charge on any atom is 0.356 e. The molecule has 0 aliphatic heterocycles. The molecule has 1 unspecified atom stereocenters. The van der Waals surface area contributed by atoms with Gasteiger partial charge in [-0.1, -0.05) is 36.4 Å². The van der Waals surface area contributed by atoms with E-state index < -0.39 is 5.97 Å².